The van der Waals surface area contributed by atoms with Gasteiger partial charge in [-0.05, 0) is 60.4 Å². The minimum atomic E-state index is -1.39. The number of carbonyl (C=O) groups excluding carboxylic acids is 1. The second-order valence-electron chi connectivity index (χ2n) is 8.27. The Balaban J connectivity index is 1.47. The van der Waals surface area contributed by atoms with E-state index in [-0.39, 0.29) is 23.8 Å². The maximum Gasteiger partial charge on any atom is 0.226 e. The quantitative estimate of drug-likeness (QED) is 0.574. The van der Waals surface area contributed by atoms with Crippen molar-refractivity contribution >= 4 is 16.9 Å². The van der Waals surface area contributed by atoms with E-state index < -0.39 is 22.6 Å². The van der Waals surface area contributed by atoms with Crippen LogP contribution >= 0.6 is 0 Å². The summed E-state index contributed by atoms with van der Waals surface area (Å²) in [5.41, 5.74) is 2.25. The van der Waals surface area contributed by atoms with Crippen LogP contribution in [0.5, 0.6) is 0 Å². The molecule has 0 aromatic heterocycles. The van der Waals surface area contributed by atoms with Crippen LogP contribution in [0.25, 0.3) is 11.1 Å². The number of hydrogen-bond donors (Lipinski definition) is 1. The average molecular weight is 434 g/mol. The molecule has 1 amide bonds. The molecule has 4 atom stereocenters. The van der Waals surface area contributed by atoms with Gasteiger partial charge in [-0.1, -0.05) is 28.5 Å². The van der Waals surface area contributed by atoms with Crippen molar-refractivity contribution in [2.75, 3.05) is 19.3 Å². The number of hydrogen-bond acceptors (Lipinski definition) is 2. The number of carbonyl (C=O) groups is 1. The molecule has 0 radical (unpaired) electrons. The Bertz CT molecular complexity index is 948. The lowest BCUT2D eigenvalue weighted by molar-refractivity contribution is -0.132. The van der Waals surface area contributed by atoms with E-state index in [2.05, 4.69) is 4.72 Å². The molecule has 1 aliphatic carbocycles. The van der Waals surface area contributed by atoms with Crippen LogP contribution in [0.15, 0.2) is 42.5 Å². The van der Waals surface area contributed by atoms with Gasteiger partial charge in [-0.3, -0.25) is 4.79 Å². The van der Waals surface area contributed by atoms with Gasteiger partial charge < -0.3 is 4.90 Å². The first-order valence-electron chi connectivity index (χ1n) is 10.4. The van der Waals surface area contributed by atoms with Crippen molar-refractivity contribution in [3.05, 3.63) is 59.7 Å². The second-order valence-corrected chi connectivity index (χ2v) is 9.53. The summed E-state index contributed by atoms with van der Waals surface area (Å²) in [5, 5.41) is 0. The predicted molar refractivity (Wildman–Crippen MR) is 115 cm³/mol. The van der Waals surface area contributed by atoms with E-state index in [1.807, 2.05) is 29.2 Å². The molecule has 4 nitrogen and oxygen atoms in total. The molecule has 1 aliphatic heterocycles. The van der Waals surface area contributed by atoms with Crippen LogP contribution in [0.1, 0.15) is 37.2 Å². The number of amides is 1. The van der Waals surface area contributed by atoms with E-state index >= 15 is 0 Å². The van der Waals surface area contributed by atoms with Crippen LogP contribution in [-0.4, -0.2) is 36.2 Å². The van der Waals surface area contributed by atoms with Crippen molar-refractivity contribution < 1.29 is 17.8 Å². The van der Waals surface area contributed by atoms with Gasteiger partial charge in [-0.15, -0.1) is 4.72 Å². The first kappa shape index (κ1) is 21.1. The minimum absolute atomic E-state index is 0.0716. The standard InChI is InChI=1S/C23H26F2N2O2S/c1-30(29)26-18-5-4-9-27(10-8-18)23(28)22-14-21(22)20-7-3-2-6-19(20)15-11-16(24)13-17(25)12-15/h2-3,6-7,11-13,18,21-22H,4-5,8-10,14H2,1H3,(H,26,29)/p+1. The van der Waals surface area contributed by atoms with Gasteiger partial charge in [0, 0.05) is 25.1 Å². The molecule has 2 fully saturated rings. The van der Waals surface area contributed by atoms with Gasteiger partial charge in [-0.25, -0.2) is 8.78 Å². The highest BCUT2D eigenvalue weighted by molar-refractivity contribution is 7.82. The number of likely N-dealkylation sites (tertiary alicyclic amines) is 1. The molecule has 160 valence electrons. The number of nitrogens with zero attached hydrogens (tertiary/aromatic N) is 1. The molecule has 1 heterocycles. The summed E-state index contributed by atoms with van der Waals surface area (Å²) in [5.74, 6) is -1.07. The number of rotatable bonds is 5. The summed E-state index contributed by atoms with van der Waals surface area (Å²) in [6.45, 7) is 1.39. The maximum atomic E-state index is 13.7. The topological polar surface area (TPSA) is 49.4 Å². The zero-order valence-electron chi connectivity index (χ0n) is 17.0. The SMILES string of the molecule is C[SH+](=O)NC1CCCN(C(=O)C2CC2c2ccccc2-c2cc(F)cc(F)c2)CC1. The monoisotopic (exact) mass is 433 g/mol. The molecular formula is C23H27F2N2O2S+. The van der Waals surface area contributed by atoms with Crippen molar-refractivity contribution in [2.24, 2.45) is 5.92 Å². The van der Waals surface area contributed by atoms with E-state index in [9.17, 15) is 17.8 Å². The lowest BCUT2D eigenvalue weighted by Gasteiger charge is -2.21. The number of nitrogens with one attached hydrogen (secondary N) is 1. The van der Waals surface area contributed by atoms with Gasteiger partial charge >= 0.3 is 0 Å². The fourth-order valence-electron chi connectivity index (χ4n) is 4.54. The molecule has 4 unspecified atom stereocenters. The van der Waals surface area contributed by atoms with Crippen molar-refractivity contribution in [3.63, 3.8) is 0 Å². The molecular weight excluding hydrogens is 406 g/mol. The average Bonchev–Trinajstić information content (AvgIpc) is 3.51. The molecule has 2 aromatic carbocycles. The summed E-state index contributed by atoms with van der Waals surface area (Å²) in [4.78, 5) is 15.0. The van der Waals surface area contributed by atoms with Crippen LogP contribution in [-0.2, 0) is 20.0 Å². The summed E-state index contributed by atoms with van der Waals surface area (Å²) in [6.07, 6.45) is 5.04. The molecule has 1 N–H and O–H groups in total. The van der Waals surface area contributed by atoms with E-state index in [4.69, 9.17) is 0 Å². The molecule has 1 saturated heterocycles. The first-order valence-corrected chi connectivity index (χ1v) is 12.1. The van der Waals surface area contributed by atoms with Crippen molar-refractivity contribution in [1.82, 2.24) is 9.62 Å². The third-order valence-electron chi connectivity index (χ3n) is 6.05. The molecule has 1 saturated carbocycles. The fourth-order valence-corrected chi connectivity index (χ4v) is 5.31. The summed E-state index contributed by atoms with van der Waals surface area (Å²) in [7, 11) is -1.39. The zero-order valence-corrected chi connectivity index (χ0v) is 17.9. The van der Waals surface area contributed by atoms with Gasteiger partial charge in [0.2, 0.25) is 5.91 Å². The third kappa shape index (κ3) is 4.78. The van der Waals surface area contributed by atoms with Crippen LogP contribution in [0, 0.1) is 17.6 Å². The molecule has 2 aliphatic rings. The van der Waals surface area contributed by atoms with Crippen LogP contribution < -0.4 is 4.72 Å². The summed E-state index contributed by atoms with van der Waals surface area (Å²) < 4.78 is 42.0. The summed E-state index contributed by atoms with van der Waals surface area (Å²) in [6, 6.07) is 11.3. The number of thiol groups is 1. The fraction of sp³-hybridized carbons (Fsp3) is 0.435. The van der Waals surface area contributed by atoms with Gasteiger partial charge in [-0.2, -0.15) is 0 Å². The van der Waals surface area contributed by atoms with E-state index in [0.29, 0.717) is 12.1 Å². The van der Waals surface area contributed by atoms with Crippen molar-refractivity contribution in [2.45, 2.75) is 37.6 Å². The Labute approximate surface area is 178 Å². The highest BCUT2D eigenvalue weighted by Gasteiger charge is 2.46. The van der Waals surface area contributed by atoms with E-state index in [1.165, 1.54) is 12.1 Å². The second kappa shape index (κ2) is 8.94. The molecule has 7 heteroatoms. The van der Waals surface area contributed by atoms with Gasteiger partial charge in [0.25, 0.3) is 0 Å². The highest BCUT2D eigenvalue weighted by Crippen LogP contribution is 2.51. The van der Waals surface area contributed by atoms with Crippen LogP contribution in [0.3, 0.4) is 0 Å². The zero-order chi connectivity index (χ0) is 21.3. The first-order chi connectivity index (χ1) is 14.4. The Morgan fingerprint density at radius 2 is 1.83 bits per heavy atom. The normalized spacial score (nSPS) is 24.9. The maximum absolute atomic E-state index is 13.7. The summed E-state index contributed by atoms with van der Waals surface area (Å²) >= 11 is 0. The molecule has 0 spiro atoms. The van der Waals surface area contributed by atoms with Gasteiger partial charge in [0.15, 0.2) is 0 Å². The lowest BCUT2D eigenvalue weighted by Crippen LogP contribution is -2.35. The Kier molecular flexibility index (Phi) is 6.29. The van der Waals surface area contributed by atoms with Gasteiger partial charge in [0.05, 0.1) is 6.04 Å². The third-order valence-corrected chi connectivity index (χ3v) is 6.77. The van der Waals surface area contributed by atoms with Crippen LogP contribution in [0.2, 0.25) is 0 Å². The molecule has 4 rings (SSSR count). The Morgan fingerprint density at radius 1 is 1.10 bits per heavy atom. The van der Waals surface area contributed by atoms with Crippen molar-refractivity contribution in [3.8, 4) is 11.1 Å². The van der Waals surface area contributed by atoms with Crippen LogP contribution in [0.4, 0.5) is 8.78 Å². The largest absolute Gasteiger partial charge is 0.342 e. The minimum Gasteiger partial charge on any atom is -0.342 e. The Hall–Kier alpha value is -2.12. The smallest absolute Gasteiger partial charge is 0.226 e. The van der Waals surface area contributed by atoms with Crippen molar-refractivity contribution in [1.29, 1.82) is 0 Å². The highest BCUT2D eigenvalue weighted by atomic mass is 32.2. The number of halogens is 2. The number of benzene rings is 2. The van der Waals surface area contributed by atoms with Gasteiger partial charge in [0.1, 0.15) is 28.9 Å². The molecule has 2 aromatic rings. The molecule has 30 heavy (non-hydrogen) atoms. The van der Waals surface area contributed by atoms with E-state index in [1.54, 1.807) is 6.26 Å². The van der Waals surface area contributed by atoms with E-state index in [0.717, 1.165) is 49.4 Å². The Morgan fingerprint density at radius 3 is 2.57 bits per heavy atom. The molecule has 0 bridgehead atoms. The lowest BCUT2D eigenvalue weighted by atomic mass is 9.95. The predicted octanol–water partition coefficient (Wildman–Crippen LogP) is 3.95.